The van der Waals surface area contributed by atoms with Crippen LogP contribution in [0.3, 0.4) is 0 Å². The number of ether oxygens (including phenoxy) is 2. The molecule has 0 aliphatic carbocycles. The lowest BCUT2D eigenvalue weighted by molar-refractivity contribution is -0.123. The molecule has 3 amide bonds. The molecule has 0 radical (unpaired) electrons. The van der Waals surface area contributed by atoms with E-state index < -0.39 is 11.1 Å². The lowest BCUT2D eigenvalue weighted by Crippen LogP contribution is -2.27. The molecule has 0 spiro atoms. The van der Waals surface area contributed by atoms with Gasteiger partial charge in [-0.1, -0.05) is 30.3 Å². The summed E-state index contributed by atoms with van der Waals surface area (Å²) in [5.74, 6) is -0.330. The number of hydrogen-bond donors (Lipinski definition) is 1. The highest BCUT2D eigenvalue weighted by molar-refractivity contribution is 8.18. The fraction of sp³-hybridized carbons (Fsp3) is 0.207. The average molecular weight is 535 g/mol. The van der Waals surface area contributed by atoms with Crippen LogP contribution in [0.4, 0.5) is 14.9 Å². The Balaban J connectivity index is 1.44. The van der Waals surface area contributed by atoms with Crippen LogP contribution in [0.25, 0.3) is 6.08 Å². The van der Waals surface area contributed by atoms with Gasteiger partial charge < -0.3 is 14.8 Å². The van der Waals surface area contributed by atoms with Crippen molar-refractivity contribution >= 4 is 40.6 Å². The first-order valence-electron chi connectivity index (χ1n) is 12.0. The Kier molecular flexibility index (Phi) is 8.48. The molecule has 1 aliphatic rings. The van der Waals surface area contributed by atoms with E-state index in [1.165, 1.54) is 24.3 Å². The molecule has 38 heavy (non-hydrogen) atoms. The van der Waals surface area contributed by atoms with Gasteiger partial charge >= 0.3 is 0 Å². The second-order valence-corrected chi connectivity index (χ2v) is 9.61. The molecule has 3 aromatic rings. The van der Waals surface area contributed by atoms with Crippen molar-refractivity contribution in [3.05, 3.63) is 93.6 Å². The molecule has 0 saturated carbocycles. The molecular formula is C29H27FN2O5S. The fourth-order valence-corrected chi connectivity index (χ4v) is 4.62. The summed E-state index contributed by atoms with van der Waals surface area (Å²) in [7, 11) is 0. The maximum absolute atomic E-state index is 13.2. The molecule has 1 fully saturated rings. The van der Waals surface area contributed by atoms with E-state index in [9.17, 15) is 18.8 Å². The second kappa shape index (κ2) is 12.0. The summed E-state index contributed by atoms with van der Waals surface area (Å²) < 4.78 is 24.6. The molecule has 0 aromatic heterocycles. The van der Waals surface area contributed by atoms with Crippen molar-refractivity contribution in [2.45, 2.75) is 27.3 Å². The van der Waals surface area contributed by atoms with Crippen LogP contribution in [0.15, 0.2) is 65.6 Å². The molecule has 1 aliphatic heterocycles. The van der Waals surface area contributed by atoms with Crippen molar-refractivity contribution in [2.24, 2.45) is 0 Å². The number of imide groups is 1. The highest BCUT2D eigenvalue weighted by Crippen LogP contribution is 2.35. The molecule has 1 heterocycles. The van der Waals surface area contributed by atoms with Gasteiger partial charge in [0.25, 0.3) is 17.1 Å². The Morgan fingerprint density at radius 2 is 1.79 bits per heavy atom. The number of anilines is 1. The van der Waals surface area contributed by atoms with Gasteiger partial charge in [-0.3, -0.25) is 19.3 Å². The van der Waals surface area contributed by atoms with Crippen LogP contribution in [0.1, 0.15) is 29.2 Å². The number of thioether (sulfide) groups is 1. The molecule has 1 saturated heterocycles. The van der Waals surface area contributed by atoms with Crippen molar-refractivity contribution in [1.82, 2.24) is 4.90 Å². The van der Waals surface area contributed by atoms with E-state index in [4.69, 9.17) is 9.47 Å². The Morgan fingerprint density at radius 1 is 1.03 bits per heavy atom. The van der Waals surface area contributed by atoms with E-state index in [0.717, 1.165) is 33.5 Å². The monoisotopic (exact) mass is 534 g/mol. The van der Waals surface area contributed by atoms with Gasteiger partial charge in [0.15, 0.2) is 18.1 Å². The van der Waals surface area contributed by atoms with Crippen LogP contribution in [-0.2, 0) is 16.1 Å². The van der Waals surface area contributed by atoms with E-state index in [0.29, 0.717) is 29.2 Å². The number of hydrogen-bond acceptors (Lipinski definition) is 6. The first kappa shape index (κ1) is 26.9. The Bertz CT molecular complexity index is 1400. The van der Waals surface area contributed by atoms with E-state index in [1.54, 1.807) is 24.3 Å². The van der Waals surface area contributed by atoms with E-state index in [-0.39, 0.29) is 29.8 Å². The first-order valence-corrected chi connectivity index (χ1v) is 12.8. The molecule has 0 atom stereocenters. The maximum atomic E-state index is 13.2. The molecule has 9 heteroatoms. The summed E-state index contributed by atoms with van der Waals surface area (Å²) in [5, 5.41) is 2.46. The number of nitrogens with one attached hydrogen (secondary N) is 1. The van der Waals surface area contributed by atoms with E-state index >= 15 is 0 Å². The van der Waals surface area contributed by atoms with Crippen molar-refractivity contribution in [3.8, 4) is 11.5 Å². The van der Waals surface area contributed by atoms with Crippen LogP contribution in [-0.4, -0.2) is 35.2 Å². The lowest BCUT2D eigenvalue weighted by atomic mass is 10.1. The number of nitrogens with zero attached hydrogens (tertiary/aromatic N) is 1. The average Bonchev–Trinajstić information content (AvgIpc) is 3.15. The summed E-state index contributed by atoms with van der Waals surface area (Å²) in [6.07, 6.45) is 1.61. The zero-order valence-electron chi connectivity index (χ0n) is 21.2. The topological polar surface area (TPSA) is 84.9 Å². The second-order valence-electron chi connectivity index (χ2n) is 8.62. The number of carbonyl (C=O) groups is 3. The Morgan fingerprint density at radius 3 is 2.53 bits per heavy atom. The predicted octanol–water partition coefficient (Wildman–Crippen LogP) is 6.10. The molecule has 1 N–H and O–H groups in total. The number of halogens is 1. The third-order valence-electron chi connectivity index (χ3n) is 5.93. The molecule has 7 nitrogen and oxygen atoms in total. The van der Waals surface area contributed by atoms with Crippen LogP contribution < -0.4 is 14.8 Å². The third kappa shape index (κ3) is 6.41. The van der Waals surface area contributed by atoms with Crippen molar-refractivity contribution in [2.75, 3.05) is 18.5 Å². The number of rotatable bonds is 9. The van der Waals surface area contributed by atoms with Crippen LogP contribution in [0.5, 0.6) is 11.5 Å². The van der Waals surface area contributed by atoms with Gasteiger partial charge in [0.05, 0.1) is 18.1 Å². The summed E-state index contributed by atoms with van der Waals surface area (Å²) in [6.45, 7) is 5.95. The number of benzene rings is 3. The highest BCUT2D eigenvalue weighted by Gasteiger charge is 2.35. The van der Waals surface area contributed by atoms with Gasteiger partial charge in [0.1, 0.15) is 5.82 Å². The van der Waals surface area contributed by atoms with Gasteiger partial charge in [-0.15, -0.1) is 0 Å². The largest absolute Gasteiger partial charge is 0.490 e. The zero-order valence-corrected chi connectivity index (χ0v) is 22.1. The van der Waals surface area contributed by atoms with E-state index in [1.807, 2.05) is 39.0 Å². The molecule has 3 aromatic carbocycles. The number of amides is 3. The summed E-state index contributed by atoms with van der Waals surface area (Å²) in [4.78, 5) is 39.2. The van der Waals surface area contributed by atoms with Gasteiger partial charge in [0, 0.05) is 5.69 Å². The Labute approximate surface area is 224 Å². The highest BCUT2D eigenvalue weighted by atomic mass is 32.2. The number of aryl methyl sites for hydroxylation is 1. The minimum absolute atomic E-state index is 0.0589. The minimum atomic E-state index is -0.425. The molecule has 4 rings (SSSR count). The molecular weight excluding hydrogens is 507 g/mol. The van der Waals surface area contributed by atoms with E-state index in [2.05, 4.69) is 5.32 Å². The predicted molar refractivity (Wildman–Crippen MR) is 146 cm³/mol. The van der Waals surface area contributed by atoms with Crippen LogP contribution >= 0.6 is 11.8 Å². The standard InChI is InChI=1S/C29H27FN2O5S/c1-4-36-25-14-21(10-13-24(25)37-17-27(33)31-23-7-5-6-18(2)19(23)3)15-26-28(34)32(29(35)38-26)16-20-8-11-22(30)12-9-20/h5-15H,4,16-17H2,1-3H3,(H,31,33)/b26-15-. The smallest absolute Gasteiger partial charge is 0.293 e. The van der Waals surface area contributed by atoms with Gasteiger partial charge in [0.2, 0.25) is 0 Å². The van der Waals surface area contributed by atoms with Gasteiger partial charge in [-0.25, -0.2) is 4.39 Å². The van der Waals surface area contributed by atoms with Gasteiger partial charge in [-0.05, 0) is 91.2 Å². The van der Waals surface area contributed by atoms with Gasteiger partial charge in [-0.2, -0.15) is 0 Å². The first-order chi connectivity index (χ1) is 18.2. The minimum Gasteiger partial charge on any atom is -0.490 e. The summed E-state index contributed by atoms with van der Waals surface area (Å²) in [5.41, 5.74) is 4.07. The molecule has 0 bridgehead atoms. The third-order valence-corrected chi connectivity index (χ3v) is 6.84. The quantitative estimate of drug-likeness (QED) is 0.334. The maximum Gasteiger partial charge on any atom is 0.293 e. The molecule has 196 valence electrons. The van der Waals surface area contributed by atoms with Crippen LogP contribution in [0.2, 0.25) is 0 Å². The zero-order chi connectivity index (χ0) is 27.2. The van der Waals surface area contributed by atoms with Crippen molar-refractivity contribution < 1.29 is 28.2 Å². The van der Waals surface area contributed by atoms with Crippen molar-refractivity contribution in [3.63, 3.8) is 0 Å². The number of carbonyl (C=O) groups excluding carboxylic acids is 3. The van der Waals surface area contributed by atoms with Crippen LogP contribution in [0, 0.1) is 19.7 Å². The Hall–Kier alpha value is -4.11. The fourth-order valence-electron chi connectivity index (χ4n) is 3.78. The molecule has 0 unspecified atom stereocenters. The van der Waals surface area contributed by atoms with Crippen molar-refractivity contribution in [1.29, 1.82) is 0 Å². The summed E-state index contributed by atoms with van der Waals surface area (Å²) in [6, 6.07) is 16.4. The lowest BCUT2D eigenvalue weighted by Gasteiger charge is -2.14. The SMILES string of the molecule is CCOc1cc(/C=C2\SC(=O)N(Cc3ccc(F)cc3)C2=O)ccc1OCC(=O)Nc1cccc(C)c1C. The normalized spacial score (nSPS) is 14.2. The summed E-state index contributed by atoms with van der Waals surface area (Å²) >= 11 is 0.839.